The molecule has 2 rings (SSSR count). The molecular weight excluding hydrogens is 356 g/mol. The highest BCUT2D eigenvalue weighted by Crippen LogP contribution is 2.20. The molecule has 0 saturated carbocycles. The Morgan fingerprint density at radius 2 is 1.54 bits per heavy atom. The number of rotatable bonds is 9. The molecule has 0 bridgehead atoms. The summed E-state index contributed by atoms with van der Waals surface area (Å²) in [5.74, 6) is -0.409. The molecule has 142 valence electrons. The van der Waals surface area contributed by atoms with Crippen molar-refractivity contribution < 1.29 is 14.3 Å². The SMILES string of the molecule is N#CCCN(CCC#N)C(=O)COc1ccccc1C(=O)Nc1ccccc1. The Morgan fingerprint density at radius 1 is 0.929 bits per heavy atom. The quantitative estimate of drug-likeness (QED) is 0.724. The third kappa shape index (κ3) is 6.15. The molecule has 0 aliphatic carbocycles. The van der Waals surface area contributed by atoms with Crippen molar-refractivity contribution in [2.45, 2.75) is 12.8 Å². The van der Waals surface area contributed by atoms with Gasteiger partial charge in [0.15, 0.2) is 6.61 Å². The van der Waals surface area contributed by atoms with Crippen LogP contribution < -0.4 is 10.1 Å². The number of para-hydroxylation sites is 2. The number of nitrogens with one attached hydrogen (secondary N) is 1. The molecule has 7 heteroatoms. The van der Waals surface area contributed by atoms with E-state index < -0.39 is 0 Å². The molecule has 0 aliphatic heterocycles. The van der Waals surface area contributed by atoms with Gasteiger partial charge in [-0.25, -0.2) is 0 Å². The molecular formula is C21H20N4O3. The van der Waals surface area contributed by atoms with Gasteiger partial charge in [-0.2, -0.15) is 10.5 Å². The Kier molecular flexibility index (Phi) is 8.04. The zero-order chi connectivity index (χ0) is 20.2. The smallest absolute Gasteiger partial charge is 0.260 e. The minimum Gasteiger partial charge on any atom is -0.483 e. The number of anilines is 1. The van der Waals surface area contributed by atoms with Crippen LogP contribution in [0.15, 0.2) is 54.6 Å². The van der Waals surface area contributed by atoms with Crippen LogP contribution >= 0.6 is 0 Å². The maximum atomic E-state index is 12.5. The molecule has 2 aromatic carbocycles. The van der Waals surface area contributed by atoms with Crippen LogP contribution in [0.25, 0.3) is 0 Å². The largest absolute Gasteiger partial charge is 0.483 e. The normalized spacial score (nSPS) is 9.64. The van der Waals surface area contributed by atoms with Crippen LogP contribution in [0.5, 0.6) is 5.75 Å². The lowest BCUT2D eigenvalue weighted by Crippen LogP contribution is -2.36. The van der Waals surface area contributed by atoms with Gasteiger partial charge in [0.25, 0.3) is 11.8 Å². The Balaban J connectivity index is 2.03. The first-order valence-corrected chi connectivity index (χ1v) is 8.75. The minimum atomic E-state index is -0.347. The summed E-state index contributed by atoms with van der Waals surface area (Å²) in [6, 6.07) is 19.6. The third-order valence-corrected chi connectivity index (χ3v) is 3.85. The van der Waals surface area contributed by atoms with Crippen molar-refractivity contribution in [3.05, 3.63) is 60.2 Å². The van der Waals surface area contributed by atoms with Gasteiger partial charge >= 0.3 is 0 Å². The van der Waals surface area contributed by atoms with Gasteiger partial charge in [0, 0.05) is 18.8 Å². The van der Waals surface area contributed by atoms with Crippen LogP contribution in [-0.2, 0) is 4.79 Å². The van der Waals surface area contributed by atoms with Crippen molar-refractivity contribution in [3.63, 3.8) is 0 Å². The fourth-order valence-corrected chi connectivity index (χ4v) is 2.46. The number of carbonyl (C=O) groups is 2. The number of carbonyl (C=O) groups excluding carboxylic acids is 2. The number of nitrogens with zero attached hydrogens (tertiary/aromatic N) is 3. The molecule has 2 aromatic rings. The van der Waals surface area contributed by atoms with Crippen molar-refractivity contribution in [3.8, 4) is 17.9 Å². The lowest BCUT2D eigenvalue weighted by molar-refractivity contribution is -0.133. The molecule has 0 saturated heterocycles. The van der Waals surface area contributed by atoms with E-state index in [1.165, 1.54) is 4.90 Å². The van der Waals surface area contributed by atoms with Crippen LogP contribution in [0.1, 0.15) is 23.2 Å². The predicted octanol–water partition coefficient (Wildman–Crippen LogP) is 2.97. The zero-order valence-corrected chi connectivity index (χ0v) is 15.3. The standard InChI is InChI=1S/C21H20N4O3/c22-12-6-14-25(15-7-13-23)20(26)16-28-19-11-5-4-10-18(19)21(27)24-17-8-2-1-3-9-17/h1-5,8-11H,6-7,14-16H2,(H,24,27). The molecule has 0 atom stereocenters. The van der Waals surface area contributed by atoms with E-state index in [0.29, 0.717) is 11.3 Å². The lowest BCUT2D eigenvalue weighted by Gasteiger charge is -2.20. The van der Waals surface area contributed by atoms with E-state index in [1.807, 2.05) is 30.3 Å². The molecule has 0 aliphatic rings. The Labute approximate surface area is 163 Å². The molecule has 2 amide bonds. The second-order valence-electron chi connectivity index (χ2n) is 5.80. The van der Waals surface area contributed by atoms with Gasteiger partial charge in [-0.05, 0) is 24.3 Å². The highest BCUT2D eigenvalue weighted by Gasteiger charge is 2.17. The number of hydrogen-bond acceptors (Lipinski definition) is 5. The van der Waals surface area contributed by atoms with E-state index in [4.69, 9.17) is 15.3 Å². The number of nitriles is 2. The van der Waals surface area contributed by atoms with Crippen molar-refractivity contribution in [1.29, 1.82) is 10.5 Å². The zero-order valence-electron chi connectivity index (χ0n) is 15.3. The van der Waals surface area contributed by atoms with Crippen LogP contribution in [0.3, 0.4) is 0 Å². The molecule has 0 heterocycles. The van der Waals surface area contributed by atoms with Gasteiger partial charge in [-0.1, -0.05) is 30.3 Å². The second-order valence-corrected chi connectivity index (χ2v) is 5.80. The Bertz CT molecular complexity index is 867. The Hall–Kier alpha value is -3.84. The minimum absolute atomic E-state index is 0.174. The molecule has 0 spiro atoms. The van der Waals surface area contributed by atoms with Crippen molar-refractivity contribution >= 4 is 17.5 Å². The first-order chi connectivity index (χ1) is 13.7. The van der Waals surface area contributed by atoms with Gasteiger partial charge in [-0.15, -0.1) is 0 Å². The summed E-state index contributed by atoms with van der Waals surface area (Å²) in [6.07, 6.45) is 0.348. The predicted molar refractivity (Wildman–Crippen MR) is 103 cm³/mol. The fraction of sp³-hybridized carbons (Fsp3) is 0.238. The first kappa shape index (κ1) is 20.5. The summed E-state index contributed by atoms with van der Waals surface area (Å²) in [6.45, 7) is 0.180. The number of benzene rings is 2. The van der Waals surface area contributed by atoms with E-state index in [-0.39, 0.29) is 50.1 Å². The maximum Gasteiger partial charge on any atom is 0.260 e. The van der Waals surface area contributed by atoms with Gasteiger partial charge in [0.05, 0.1) is 30.5 Å². The van der Waals surface area contributed by atoms with Crippen molar-refractivity contribution in [1.82, 2.24) is 4.90 Å². The van der Waals surface area contributed by atoms with Crippen LogP contribution in [0, 0.1) is 22.7 Å². The van der Waals surface area contributed by atoms with Gasteiger partial charge < -0.3 is 15.0 Å². The van der Waals surface area contributed by atoms with Crippen LogP contribution in [0.4, 0.5) is 5.69 Å². The molecule has 28 heavy (non-hydrogen) atoms. The summed E-state index contributed by atoms with van der Waals surface area (Å²) in [5, 5.41) is 20.2. The van der Waals surface area contributed by atoms with Gasteiger partial charge in [0.1, 0.15) is 5.75 Å². The summed E-state index contributed by atoms with van der Waals surface area (Å²) in [4.78, 5) is 26.3. The fourth-order valence-electron chi connectivity index (χ4n) is 2.46. The highest BCUT2D eigenvalue weighted by molar-refractivity contribution is 6.06. The molecule has 0 aromatic heterocycles. The maximum absolute atomic E-state index is 12.5. The van der Waals surface area contributed by atoms with Gasteiger partial charge in [-0.3, -0.25) is 9.59 Å². The summed E-state index contributed by atoms with van der Waals surface area (Å²) < 4.78 is 5.58. The molecule has 0 radical (unpaired) electrons. The van der Waals surface area contributed by atoms with E-state index in [1.54, 1.807) is 36.4 Å². The first-order valence-electron chi connectivity index (χ1n) is 8.75. The van der Waals surface area contributed by atoms with Crippen molar-refractivity contribution in [2.24, 2.45) is 0 Å². The van der Waals surface area contributed by atoms with Gasteiger partial charge in [0.2, 0.25) is 0 Å². The van der Waals surface area contributed by atoms with Crippen LogP contribution in [-0.4, -0.2) is 36.4 Å². The third-order valence-electron chi connectivity index (χ3n) is 3.85. The topological polar surface area (TPSA) is 106 Å². The number of hydrogen-bond donors (Lipinski definition) is 1. The van der Waals surface area contributed by atoms with Crippen LogP contribution in [0.2, 0.25) is 0 Å². The average Bonchev–Trinajstić information content (AvgIpc) is 2.73. The van der Waals surface area contributed by atoms with E-state index in [2.05, 4.69) is 5.32 Å². The summed E-state index contributed by atoms with van der Waals surface area (Å²) >= 11 is 0. The lowest BCUT2D eigenvalue weighted by atomic mass is 10.2. The Morgan fingerprint density at radius 3 is 2.18 bits per heavy atom. The average molecular weight is 376 g/mol. The summed E-state index contributed by atoms with van der Waals surface area (Å²) in [5.41, 5.74) is 0.956. The molecule has 0 unspecified atom stereocenters. The van der Waals surface area contributed by atoms with E-state index >= 15 is 0 Å². The molecule has 1 N–H and O–H groups in total. The number of ether oxygens (including phenoxy) is 1. The molecule has 7 nitrogen and oxygen atoms in total. The van der Waals surface area contributed by atoms with Crippen molar-refractivity contribution in [2.75, 3.05) is 25.0 Å². The highest BCUT2D eigenvalue weighted by atomic mass is 16.5. The van der Waals surface area contributed by atoms with E-state index in [9.17, 15) is 9.59 Å². The monoisotopic (exact) mass is 376 g/mol. The number of amides is 2. The second kappa shape index (κ2) is 11.0. The molecule has 0 fully saturated rings. The summed E-state index contributed by atoms with van der Waals surface area (Å²) in [7, 11) is 0. The van der Waals surface area contributed by atoms with E-state index in [0.717, 1.165) is 0 Å².